The standard InChI is InChI=1S/C20H25NO4/c1-10-4-17(19-11(2)12(3)20(23)25-18(19)5-10)24-16-7-14-9-21-8-13(14)6-15(16)22/h4-5,13-16,21-22H,6-9H2,1-3H3/t13-,14+,15+,16+/m0/s1. The van der Waals surface area contributed by atoms with Crippen molar-refractivity contribution in [2.24, 2.45) is 11.8 Å². The SMILES string of the molecule is Cc1cc(O[C@@H]2C[C@@H]3CNC[C@@H]3C[C@H]2O)c2c(C)c(C)c(=O)oc2c1. The normalized spacial score (nSPS) is 29.0. The van der Waals surface area contributed by atoms with Gasteiger partial charge in [-0.3, -0.25) is 0 Å². The predicted molar refractivity (Wildman–Crippen MR) is 96.2 cm³/mol. The Hall–Kier alpha value is -1.85. The lowest BCUT2D eigenvalue weighted by atomic mass is 9.78. The van der Waals surface area contributed by atoms with Crippen LogP contribution in [0.4, 0.5) is 0 Å². The first-order valence-corrected chi connectivity index (χ1v) is 9.04. The van der Waals surface area contributed by atoms with Gasteiger partial charge in [0.15, 0.2) is 0 Å². The molecule has 4 atom stereocenters. The van der Waals surface area contributed by atoms with Crippen LogP contribution < -0.4 is 15.7 Å². The number of fused-ring (bicyclic) bond motifs is 2. The van der Waals surface area contributed by atoms with Gasteiger partial charge in [-0.25, -0.2) is 4.79 Å². The van der Waals surface area contributed by atoms with Crippen molar-refractivity contribution in [3.05, 3.63) is 39.2 Å². The Morgan fingerprint density at radius 2 is 1.84 bits per heavy atom. The molecule has 1 aliphatic carbocycles. The summed E-state index contributed by atoms with van der Waals surface area (Å²) in [5.41, 5.74) is 2.70. The Kier molecular flexibility index (Phi) is 4.08. The number of ether oxygens (including phenoxy) is 1. The maximum Gasteiger partial charge on any atom is 0.339 e. The van der Waals surface area contributed by atoms with Gasteiger partial charge in [0.1, 0.15) is 17.4 Å². The molecular weight excluding hydrogens is 318 g/mol. The molecule has 134 valence electrons. The van der Waals surface area contributed by atoms with Crippen LogP contribution in [0.5, 0.6) is 5.75 Å². The van der Waals surface area contributed by atoms with E-state index in [-0.39, 0.29) is 11.7 Å². The van der Waals surface area contributed by atoms with E-state index in [4.69, 9.17) is 9.15 Å². The molecule has 1 saturated carbocycles. The first-order chi connectivity index (χ1) is 11.9. The number of benzene rings is 1. The van der Waals surface area contributed by atoms with E-state index in [0.29, 0.717) is 28.7 Å². The summed E-state index contributed by atoms with van der Waals surface area (Å²) in [5.74, 6) is 1.81. The molecule has 2 fully saturated rings. The third kappa shape index (κ3) is 2.85. The van der Waals surface area contributed by atoms with E-state index in [9.17, 15) is 9.90 Å². The number of aliphatic hydroxyl groups is 1. The molecule has 2 aliphatic rings. The van der Waals surface area contributed by atoms with Crippen LogP contribution in [0.3, 0.4) is 0 Å². The fraction of sp³-hybridized carbons (Fsp3) is 0.550. The molecular formula is C20H25NO4. The topological polar surface area (TPSA) is 71.7 Å². The van der Waals surface area contributed by atoms with Crippen molar-refractivity contribution in [3.8, 4) is 5.75 Å². The first kappa shape index (κ1) is 16.6. The zero-order chi connectivity index (χ0) is 17.7. The van der Waals surface area contributed by atoms with E-state index in [2.05, 4.69) is 5.32 Å². The fourth-order valence-electron chi connectivity index (χ4n) is 4.33. The van der Waals surface area contributed by atoms with Crippen LogP contribution >= 0.6 is 0 Å². The van der Waals surface area contributed by atoms with Gasteiger partial charge < -0.3 is 19.6 Å². The smallest absolute Gasteiger partial charge is 0.339 e. The summed E-state index contributed by atoms with van der Waals surface area (Å²) >= 11 is 0. The van der Waals surface area contributed by atoms with Gasteiger partial charge in [0.05, 0.1) is 11.5 Å². The van der Waals surface area contributed by atoms with E-state index < -0.39 is 6.10 Å². The Morgan fingerprint density at radius 3 is 2.60 bits per heavy atom. The number of hydrogen-bond donors (Lipinski definition) is 2. The average Bonchev–Trinajstić information content (AvgIpc) is 2.99. The molecule has 2 aromatic rings. The van der Waals surface area contributed by atoms with Crippen LogP contribution in [-0.4, -0.2) is 30.4 Å². The number of aliphatic hydroxyl groups excluding tert-OH is 1. The zero-order valence-corrected chi connectivity index (χ0v) is 15.0. The molecule has 4 rings (SSSR count). The highest BCUT2D eigenvalue weighted by Gasteiger charge is 2.40. The summed E-state index contributed by atoms with van der Waals surface area (Å²) in [6.45, 7) is 7.64. The number of aryl methyl sites for hydroxylation is 2. The van der Waals surface area contributed by atoms with Crippen molar-refractivity contribution in [1.29, 1.82) is 0 Å². The van der Waals surface area contributed by atoms with Gasteiger partial charge in [0.2, 0.25) is 0 Å². The maximum absolute atomic E-state index is 12.0. The number of rotatable bonds is 2. The number of nitrogens with one attached hydrogen (secondary N) is 1. The fourth-order valence-corrected chi connectivity index (χ4v) is 4.33. The van der Waals surface area contributed by atoms with E-state index in [1.54, 1.807) is 6.92 Å². The van der Waals surface area contributed by atoms with Crippen LogP contribution in [0, 0.1) is 32.6 Å². The molecule has 1 aromatic heterocycles. The Bertz CT molecular complexity index is 872. The lowest BCUT2D eigenvalue weighted by molar-refractivity contribution is -0.0225. The molecule has 0 spiro atoms. The molecule has 2 N–H and O–H groups in total. The second-order valence-electron chi connectivity index (χ2n) is 7.65. The molecule has 5 nitrogen and oxygen atoms in total. The largest absolute Gasteiger partial charge is 0.487 e. The first-order valence-electron chi connectivity index (χ1n) is 9.04. The molecule has 1 aliphatic heterocycles. The van der Waals surface area contributed by atoms with Gasteiger partial charge in [-0.2, -0.15) is 0 Å². The quantitative estimate of drug-likeness (QED) is 0.820. The average molecular weight is 343 g/mol. The van der Waals surface area contributed by atoms with Gasteiger partial charge >= 0.3 is 5.63 Å². The number of hydrogen-bond acceptors (Lipinski definition) is 5. The van der Waals surface area contributed by atoms with Gasteiger partial charge in [0, 0.05) is 5.56 Å². The van der Waals surface area contributed by atoms with Crippen molar-refractivity contribution < 1.29 is 14.3 Å². The van der Waals surface area contributed by atoms with Crippen LogP contribution in [0.2, 0.25) is 0 Å². The van der Waals surface area contributed by atoms with Crippen molar-refractivity contribution in [2.75, 3.05) is 13.1 Å². The molecule has 1 aromatic carbocycles. The second-order valence-corrected chi connectivity index (χ2v) is 7.65. The summed E-state index contributed by atoms with van der Waals surface area (Å²) in [6.07, 6.45) is 0.939. The van der Waals surface area contributed by atoms with Crippen molar-refractivity contribution in [2.45, 2.75) is 45.8 Å². The maximum atomic E-state index is 12.0. The highest BCUT2D eigenvalue weighted by atomic mass is 16.5. The van der Waals surface area contributed by atoms with Crippen molar-refractivity contribution in [1.82, 2.24) is 5.32 Å². The van der Waals surface area contributed by atoms with E-state index >= 15 is 0 Å². The lowest BCUT2D eigenvalue weighted by Crippen LogP contribution is -2.42. The van der Waals surface area contributed by atoms with E-state index in [0.717, 1.165) is 42.4 Å². The van der Waals surface area contributed by atoms with Gasteiger partial charge in [0.25, 0.3) is 0 Å². The lowest BCUT2D eigenvalue weighted by Gasteiger charge is -2.35. The Morgan fingerprint density at radius 1 is 1.12 bits per heavy atom. The van der Waals surface area contributed by atoms with E-state index in [1.165, 1.54) is 0 Å². The summed E-state index contributed by atoms with van der Waals surface area (Å²) in [7, 11) is 0. The predicted octanol–water partition coefficient (Wildman–Crippen LogP) is 2.46. The van der Waals surface area contributed by atoms with Crippen molar-refractivity contribution in [3.63, 3.8) is 0 Å². The molecule has 5 heteroatoms. The van der Waals surface area contributed by atoms with Crippen molar-refractivity contribution >= 4 is 11.0 Å². The Labute approximate surface area is 147 Å². The monoisotopic (exact) mass is 343 g/mol. The summed E-state index contributed by atoms with van der Waals surface area (Å²) < 4.78 is 11.8. The zero-order valence-electron chi connectivity index (χ0n) is 15.0. The highest BCUT2D eigenvalue weighted by molar-refractivity contribution is 5.88. The third-order valence-electron chi connectivity index (χ3n) is 5.92. The van der Waals surface area contributed by atoms with Crippen LogP contribution in [0.15, 0.2) is 21.3 Å². The minimum atomic E-state index is -0.464. The van der Waals surface area contributed by atoms with Gasteiger partial charge in [-0.1, -0.05) is 0 Å². The summed E-state index contributed by atoms with van der Waals surface area (Å²) in [5, 5.41) is 14.8. The Balaban J connectivity index is 1.73. The molecule has 25 heavy (non-hydrogen) atoms. The summed E-state index contributed by atoms with van der Waals surface area (Å²) in [4.78, 5) is 12.0. The second kappa shape index (κ2) is 6.15. The molecule has 0 radical (unpaired) electrons. The highest BCUT2D eigenvalue weighted by Crippen LogP contribution is 2.37. The van der Waals surface area contributed by atoms with Gasteiger partial charge in [-0.05, 0) is 81.8 Å². The third-order valence-corrected chi connectivity index (χ3v) is 5.92. The minimum Gasteiger partial charge on any atom is -0.487 e. The van der Waals surface area contributed by atoms with Crippen LogP contribution in [0.1, 0.15) is 29.5 Å². The molecule has 0 unspecified atom stereocenters. The van der Waals surface area contributed by atoms with E-state index in [1.807, 2.05) is 26.0 Å². The summed E-state index contributed by atoms with van der Waals surface area (Å²) in [6, 6.07) is 3.84. The van der Waals surface area contributed by atoms with Gasteiger partial charge in [-0.15, -0.1) is 0 Å². The molecule has 1 saturated heterocycles. The van der Waals surface area contributed by atoms with Crippen LogP contribution in [-0.2, 0) is 0 Å². The minimum absolute atomic E-state index is 0.224. The molecule has 0 amide bonds. The molecule has 2 heterocycles. The van der Waals surface area contributed by atoms with Crippen LogP contribution in [0.25, 0.3) is 11.0 Å². The molecule has 0 bridgehead atoms.